The molecule has 3 aromatic rings. The molecule has 5 N–H and O–H groups in total. The minimum atomic E-state index is -0.423. The molecule has 0 aliphatic carbocycles. The molecule has 0 spiro atoms. The number of anilines is 2. The van der Waals surface area contributed by atoms with Gasteiger partial charge in [-0.05, 0) is 59.7 Å². The number of nitrogens with two attached hydrogens (primary N) is 1. The van der Waals surface area contributed by atoms with Crippen LogP contribution < -0.4 is 11.1 Å². The molecule has 3 aromatic carbocycles. The molecular formula is C26H32N4O4. The summed E-state index contributed by atoms with van der Waals surface area (Å²) in [6.45, 7) is 2.26. The zero-order valence-electron chi connectivity index (χ0n) is 19.2. The Bertz CT molecular complexity index is 1150. The number of nitrogen functional groups attached to an aromatic ring is 1. The SMILES string of the molecule is Nc1ccc(NCCc2ccc(CCN3CCC(O)CC3CO)c3ccccc23)c([N+](=O)[O-])c1. The number of nitro benzene ring substituents is 1. The first-order chi connectivity index (χ1) is 16.5. The van der Waals surface area contributed by atoms with Gasteiger partial charge in [-0.3, -0.25) is 15.0 Å². The topological polar surface area (TPSA) is 125 Å². The Labute approximate surface area is 199 Å². The minimum Gasteiger partial charge on any atom is -0.399 e. The van der Waals surface area contributed by atoms with Crippen molar-refractivity contribution < 1.29 is 15.1 Å². The molecular weight excluding hydrogens is 432 g/mol. The lowest BCUT2D eigenvalue weighted by Gasteiger charge is -2.37. The molecule has 4 rings (SSSR count). The van der Waals surface area contributed by atoms with Gasteiger partial charge in [-0.2, -0.15) is 0 Å². The smallest absolute Gasteiger partial charge is 0.294 e. The molecule has 0 aromatic heterocycles. The molecule has 2 unspecified atom stereocenters. The van der Waals surface area contributed by atoms with Crippen LogP contribution in [0.15, 0.2) is 54.6 Å². The quantitative estimate of drug-likeness (QED) is 0.217. The number of likely N-dealkylation sites (tertiary alicyclic amines) is 1. The number of benzene rings is 3. The lowest BCUT2D eigenvalue weighted by molar-refractivity contribution is -0.383. The molecule has 0 saturated carbocycles. The minimum absolute atomic E-state index is 0.0118. The van der Waals surface area contributed by atoms with Crippen molar-refractivity contribution in [2.75, 3.05) is 37.3 Å². The third-order valence-electron chi connectivity index (χ3n) is 6.72. The first-order valence-corrected chi connectivity index (χ1v) is 11.8. The Kier molecular flexibility index (Phi) is 7.62. The fourth-order valence-electron chi connectivity index (χ4n) is 4.87. The van der Waals surface area contributed by atoms with Crippen LogP contribution in [0.5, 0.6) is 0 Å². The molecule has 0 amide bonds. The first-order valence-electron chi connectivity index (χ1n) is 11.8. The maximum Gasteiger partial charge on any atom is 0.294 e. The average molecular weight is 465 g/mol. The van der Waals surface area contributed by atoms with Crippen molar-refractivity contribution in [1.82, 2.24) is 4.90 Å². The summed E-state index contributed by atoms with van der Waals surface area (Å²) in [5, 5.41) is 36.5. The number of hydrogen-bond donors (Lipinski definition) is 4. The summed E-state index contributed by atoms with van der Waals surface area (Å²) in [6.07, 6.45) is 2.63. The Balaban J connectivity index is 1.45. The van der Waals surface area contributed by atoms with E-state index >= 15 is 0 Å². The highest BCUT2D eigenvalue weighted by molar-refractivity contribution is 5.88. The summed E-state index contributed by atoms with van der Waals surface area (Å²) in [6, 6.07) is 17.3. The van der Waals surface area contributed by atoms with E-state index in [1.807, 2.05) is 12.1 Å². The molecule has 1 fully saturated rings. The van der Waals surface area contributed by atoms with Crippen LogP contribution in [0.4, 0.5) is 17.1 Å². The van der Waals surface area contributed by atoms with E-state index in [1.54, 1.807) is 12.1 Å². The summed E-state index contributed by atoms with van der Waals surface area (Å²) in [7, 11) is 0. The number of hydrogen-bond acceptors (Lipinski definition) is 7. The lowest BCUT2D eigenvalue weighted by atomic mass is 9.95. The molecule has 34 heavy (non-hydrogen) atoms. The van der Waals surface area contributed by atoms with Crippen molar-refractivity contribution >= 4 is 27.8 Å². The normalized spacial score (nSPS) is 18.8. The first kappa shape index (κ1) is 23.9. The van der Waals surface area contributed by atoms with Crippen LogP contribution in [0, 0.1) is 10.1 Å². The fraction of sp³-hybridized carbons (Fsp3) is 0.385. The molecule has 0 radical (unpaired) electrons. The predicted octanol–water partition coefficient (Wildman–Crippen LogP) is 3.34. The van der Waals surface area contributed by atoms with Crippen LogP contribution in [0.2, 0.25) is 0 Å². The van der Waals surface area contributed by atoms with Crippen molar-refractivity contribution in [3.8, 4) is 0 Å². The van der Waals surface area contributed by atoms with E-state index in [1.165, 1.54) is 28.0 Å². The summed E-state index contributed by atoms with van der Waals surface area (Å²) in [5.41, 5.74) is 8.94. The van der Waals surface area contributed by atoms with Crippen LogP contribution in [-0.4, -0.2) is 58.4 Å². The standard InChI is InChI=1S/C26H32N4O4/c27-20-7-8-25(26(15-20)30(33)34)28-12-9-18-5-6-19(24-4-2-1-3-23(18)24)10-13-29-14-11-22(32)16-21(29)17-31/h1-8,15,21-22,28,31-32H,9-14,16-17,27H2. The van der Waals surface area contributed by atoms with E-state index in [9.17, 15) is 20.3 Å². The highest BCUT2D eigenvalue weighted by atomic mass is 16.6. The third-order valence-corrected chi connectivity index (χ3v) is 6.72. The number of piperidine rings is 1. The number of aliphatic hydroxyl groups is 2. The molecule has 180 valence electrons. The second-order valence-corrected chi connectivity index (χ2v) is 8.94. The number of nitrogens with one attached hydrogen (secondary N) is 1. The third kappa shape index (κ3) is 5.47. The van der Waals surface area contributed by atoms with Gasteiger partial charge in [0.1, 0.15) is 5.69 Å². The molecule has 8 heteroatoms. The van der Waals surface area contributed by atoms with E-state index in [0.717, 1.165) is 32.4 Å². The zero-order valence-corrected chi connectivity index (χ0v) is 19.2. The Morgan fingerprint density at radius 3 is 2.47 bits per heavy atom. The second kappa shape index (κ2) is 10.8. The van der Waals surface area contributed by atoms with E-state index < -0.39 is 4.92 Å². The number of aliphatic hydroxyl groups excluding tert-OH is 2. The monoisotopic (exact) mass is 464 g/mol. The molecule has 1 heterocycles. The van der Waals surface area contributed by atoms with Crippen LogP contribution in [0.25, 0.3) is 10.8 Å². The van der Waals surface area contributed by atoms with Crippen LogP contribution >= 0.6 is 0 Å². The van der Waals surface area contributed by atoms with Gasteiger partial charge in [-0.1, -0.05) is 36.4 Å². The number of fused-ring (bicyclic) bond motifs is 1. The Morgan fingerprint density at radius 1 is 1.09 bits per heavy atom. The maximum absolute atomic E-state index is 11.3. The van der Waals surface area contributed by atoms with Crippen LogP contribution in [0.1, 0.15) is 24.0 Å². The number of nitrogens with zero attached hydrogens (tertiary/aromatic N) is 2. The predicted molar refractivity (Wildman–Crippen MR) is 135 cm³/mol. The van der Waals surface area contributed by atoms with E-state index in [-0.39, 0.29) is 24.4 Å². The fourth-order valence-corrected chi connectivity index (χ4v) is 4.87. The summed E-state index contributed by atoms with van der Waals surface area (Å²) < 4.78 is 0. The summed E-state index contributed by atoms with van der Waals surface area (Å²) >= 11 is 0. The second-order valence-electron chi connectivity index (χ2n) is 8.94. The van der Waals surface area contributed by atoms with Crippen LogP contribution in [0.3, 0.4) is 0 Å². The molecule has 1 aliphatic rings. The van der Waals surface area contributed by atoms with Gasteiger partial charge >= 0.3 is 0 Å². The van der Waals surface area contributed by atoms with Gasteiger partial charge < -0.3 is 21.3 Å². The van der Waals surface area contributed by atoms with Crippen LogP contribution in [-0.2, 0) is 12.8 Å². The maximum atomic E-state index is 11.3. The lowest BCUT2D eigenvalue weighted by Crippen LogP contribution is -2.47. The average Bonchev–Trinajstić information content (AvgIpc) is 2.84. The number of rotatable bonds is 9. The van der Waals surface area contributed by atoms with Crippen molar-refractivity contribution in [2.24, 2.45) is 0 Å². The number of nitro groups is 1. The Hall–Kier alpha value is -3.20. The van der Waals surface area contributed by atoms with Crippen molar-refractivity contribution in [1.29, 1.82) is 0 Å². The van der Waals surface area contributed by atoms with Gasteiger partial charge in [0.2, 0.25) is 0 Å². The van der Waals surface area contributed by atoms with Gasteiger partial charge in [-0.15, -0.1) is 0 Å². The van der Waals surface area contributed by atoms with Gasteiger partial charge in [-0.25, -0.2) is 0 Å². The zero-order chi connectivity index (χ0) is 24.1. The summed E-state index contributed by atoms with van der Waals surface area (Å²) in [5.74, 6) is 0. The van der Waals surface area contributed by atoms with Crippen molar-refractivity contribution in [2.45, 2.75) is 37.8 Å². The van der Waals surface area contributed by atoms with Gasteiger partial charge in [0.05, 0.1) is 17.6 Å². The Morgan fingerprint density at radius 2 is 1.79 bits per heavy atom. The van der Waals surface area contributed by atoms with Gasteiger partial charge in [0.15, 0.2) is 0 Å². The van der Waals surface area contributed by atoms with Gasteiger partial charge in [0, 0.05) is 37.4 Å². The molecule has 1 aliphatic heterocycles. The van der Waals surface area contributed by atoms with Gasteiger partial charge in [0.25, 0.3) is 5.69 Å². The summed E-state index contributed by atoms with van der Waals surface area (Å²) in [4.78, 5) is 13.2. The van der Waals surface area contributed by atoms with Crippen molar-refractivity contribution in [3.63, 3.8) is 0 Å². The highest BCUT2D eigenvalue weighted by Crippen LogP contribution is 2.28. The molecule has 8 nitrogen and oxygen atoms in total. The van der Waals surface area contributed by atoms with E-state index in [2.05, 4.69) is 34.5 Å². The molecule has 2 atom stereocenters. The molecule has 1 saturated heterocycles. The van der Waals surface area contributed by atoms with Crippen molar-refractivity contribution in [3.05, 3.63) is 75.8 Å². The van der Waals surface area contributed by atoms with E-state index in [0.29, 0.717) is 24.3 Å². The molecule has 0 bridgehead atoms. The highest BCUT2D eigenvalue weighted by Gasteiger charge is 2.26. The largest absolute Gasteiger partial charge is 0.399 e. The van der Waals surface area contributed by atoms with E-state index in [4.69, 9.17) is 5.73 Å².